The van der Waals surface area contributed by atoms with E-state index in [9.17, 15) is 0 Å². The Bertz CT molecular complexity index is 330. The fourth-order valence-electron chi connectivity index (χ4n) is 2.12. The summed E-state index contributed by atoms with van der Waals surface area (Å²) in [6, 6.07) is -1.07. The molecule has 26 heavy (non-hydrogen) atoms. The van der Waals surface area contributed by atoms with E-state index in [2.05, 4.69) is 0 Å². The predicted octanol–water partition coefficient (Wildman–Crippen LogP) is -1.70. The summed E-state index contributed by atoms with van der Waals surface area (Å²) < 4.78 is 24.6. The molecule has 0 saturated carbocycles. The van der Waals surface area contributed by atoms with Crippen LogP contribution in [0.15, 0.2) is 0 Å². The van der Waals surface area contributed by atoms with Crippen molar-refractivity contribution in [3.63, 3.8) is 0 Å². The van der Waals surface area contributed by atoms with Crippen LogP contribution in [0.1, 0.15) is 34.6 Å². The van der Waals surface area contributed by atoms with E-state index in [4.69, 9.17) is 47.7 Å². The van der Waals surface area contributed by atoms with Gasteiger partial charge in [0.15, 0.2) is 0 Å². The van der Waals surface area contributed by atoms with Crippen molar-refractivity contribution in [3.8, 4) is 0 Å². The Labute approximate surface area is 162 Å². The summed E-state index contributed by atoms with van der Waals surface area (Å²) in [7, 11) is 0. The van der Waals surface area contributed by atoms with Gasteiger partial charge in [-0.15, -0.1) is 0 Å². The van der Waals surface area contributed by atoms with E-state index in [0.717, 1.165) is 0 Å². The second kappa shape index (κ2) is 12.7. The van der Waals surface area contributed by atoms with Gasteiger partial charge in [0, 0.05) is 0 Å². The summed E-state index contributed by atoms with van der Waals surface area (Å²) in [5, 5.41) is 0. The summed E-state index contributed by atoms with van der Waals surface area (Å²) in [6.45, 7) is 9.60. The zero-order valence-corrected chi connectivity index (χ0v) is 18.3. The number of nitrogens with two attached hydrogens (primary N) is 6. The number of hydrogen-bond donors (Lipinski definition) is 6. The molecular formula is C15H40N6O4Ti. The molecule has 0 fully saturated rings. The average Bonchev–Trinajstić information content (AvgIpc) is 2.54. The number of rotatable bonds is 14. The first kappa shape index (κ1) is 26.3. The van der Waals surface area contributed by atoms with E-state index >= 15 is 0 Å². The monoisotopic (exact) mass is 416 g/mol. The van der Waals surface area contributed by atoms with Crippen LogP contribution in [-0.4, -0.2) is 62.2 Å². The quantitative estimate of drug-likeness (QED) is 0.178. The van der Waals surface area contributed by atoms with E-state index < -0.39 is 36.5 Å². The van der Waals surface area contributed by atoms with E-state index in [-0.39, 0.29) is 43.9 Å². The van der Waals surface area contributed by atoms with Crippen molar-refractivity contribution in [2.24, 2.45) is 34.4 Å². The number of hydrogen-bond acceptors (Lipinski definition) is 10. The van der Waals surface area contributed by atoms with Gasteiger partial charge in [0.2, 0.25) is 0 Å². The first-order valence-corrected chi connectivity index (χ1v) is 11.6. The molecule has 158 valence electrons. The first-order chi connectivity index (χ1) is 12.0. The molecule has 0 aliphatic rings. The molecule has 0 rings (SSSR count). The van der Waals surface area contributed by atoms with Gasteiger partial charge >= 0.3 is 163 Å². The second-order valence-electron chi connectivity index (χ2n) is 6.92. The summed E-state index contributed by atoms with van der Waals surface area (Å²) in [5.41, 5.74) is 35.4. The normalized spacial score (nSPS) is 21.7. The van der Waals surface area contributed by atoms with Crippen molar-refractivity contribution in [3.05, 3.63) is 0 Å². The van der Waals surface area contributed by atoms with Crippen LogP contribution in [0, 0.1) is 0 Å². The molecule has 0 aromatic heterocycles. The van der Waals surface area contributed by atoms with Gasteiger partial charge in [-0.05, 0) is 0 Å². The fourth-order valence-corrected chi connectivity index (χ4v) is 6.74. The van der Waals surface area contributed by atoms with Crippen molar-refractivity contribution in [1.82, 2.24) is 0 Å². The molecule has 0 aliphatic heterocycles. The van der Waals surface area contributed by atoms with Gasteiger partial charge < -0.3 is 0 Å². The fraction of sp³-hybridized carbons (Fsp3) is 1.00. The molecular weight excluding hydrogens is 376 g/mol. The van der Waals surface area contributed by atoms with Gasteiger partial charge in [0.05, 0.1) is 0 Å². The van der Waals surface area contributed by atoms with Crippen molar-refractivity contribution in [2.75, 3.05) is 19.6 Å². The summed E-state index contributed by atoms with van der Waals surface area (Å²) in [5.74, 6) is 0. The molecule has 0 amide bonds. The maximum atomic E-state index is 6.17. The summed E-state index contributed by atoms with van der Waals surface area (Å²) >= 11 is -4.42. The van der Waals surface area contributed by atoms with E-state index in [1.807, 2.05) is 13.8 Å². The Hall–Kier alpha value is 0.314. The Kier molecular flexibility index (Phi) is 12.9. The van der Waals surface area contributed by atoms with E-state index in [1.54, 1.807) is 20.8 Å². The Morgan fingerprint density at radius 2 is 0.846 bits per heavy atom. The molecule has 0 saturated heterocycles. The maximum absolute atomic E-state index is 6.17. The van der Waals surface area contributed by atoms with E-state index in [0.29, 0.717) is 0 Å². The predicted molar refractivity (Wildman–Crippen MR) is 99.0 cm³/mol. The first-order valence-electron chi connectivity index (χ1n) is 9.10. The van der Waals surface area contributed by atoms with Gasteiger partial charge in [0.1, 0.15) is 0 Å². The molecule has 0 aliphatic carbocycles. The van der Waals surface area contributed by atoms with E-state index in [1.165, 1.54) is 0 Å². The van der Waals surface area contributed by atoms with Crippen LogP contribution in [-0.2, 0) is 31.4 Å². The van der Waals surface area contributed by atoms with Crippen LogP contribution in [0.4, 0.5) is 0 Å². The third-order valence-electron chi connectivity index (χ3n) is 3.72. The van der Waals surface area contributed by atoms with Gasteiger partial charge in [-0.2, -0.15) is 0 Å². The van der Waals surface area contributed by atoms with Crippen LogP contribution < -0.4 is 34.4 Å². The van der Waals surface area contributed by atoms with Gasteiger partial charge in [-0.25, -0.2) is 0 Å². The third-order valence-corrected chi connectivity index (χ3v) is 7.68. The molecule has 11 heteroatoms. The Morgan fingerprint density at radius 1 is 0.577 bits per heavy atom. The summed E-state index contributed by atoms with van der Waals surface area (Å²) in [4.78, 5) is 0. The van der Waals surface area contributed by atoms with Crippen molar-refractivity contribution >= 4 is 0 Å². The topological polar surface area (TPSA) is 193 Å². The van der Waals surface area contributed by atoms with Crippen LogP contribution in [0.3, 0.4) is 0 Å². The third kappa shape index (κ3) is 9.00. The molecule has 6 unspecified atom stereocenters. The standard InChI is InChI=1S/3C4H11N2O.C3H7O.Ti/c3*1-3(6)4(7)2-5;1-3(2)4;/h3*3-4H,2,5-6H2,1H3;3H,1-2H3;/q4*-1;+4. The Morgan fingerprint density at radius 3 is 1.00 bits per heavy atom. The van der Waals surface area contributed by atoms with Crippen LogP contribution in [0.5, 0.6) is 0 Å². The van der Waals surface area contributed by atoms with Crippen molar-refractivity contribution in [2.45, 2.75) is 77.2 Å². The zero-order chi connectivity index (χ0) is 20.5. The van der Waals surface area contributed by atoms with Crippen LogP contribution in [0.2, 0.25) is 0 Å². The molecule has 0 aromatic rings. The zero-order valence-electron chi connectivity index (χ0n) is 16.8. The average molecular weight is 416 g/mol. The molecule has 0 bridgehead atoms. The molecule has 6 atom stereocenters. The molecule has 12 N–H and O–H groups in total. The SMILES string of the molecule is CC(C)[O][Ti]([O]C(CN)C(C)N)([O]C(CN)C(C)N)[O]C(CN)C(C)N. The van der Waals surface area contributed by atoms with Gasteiger partial charge in [-0.1, -0.05) is 0 Å². The van der Waals surface area contributed by atoms with Gasteiger partial charge in [0.25, 0.3) is 0 Å². The second-order valence-corrected chi connectivity index (χ2v) is 9.95. The van der Waals surface area contributed by atoms with Crippen molar-refractivity contribution in [1.29, 1.82) is 0 Å². The van der Waals surface area contributed by atoms with Crippen molar-refractivity contribution < 1.29 is 31.4 Å². The minimum atomic E-state index is -4.42. The molecule has 0 radical (unpaired) electrons. The van der Waals surface area contributed by atoms with Crippen LogP contribution >= 0.6 is 0 Å². The summed E-state index contributed by atoms with van der Waals surface area (Å²) in [6.07, 6.45) is -1.80. The minimum absolute atomic E-state index is 0.176. The molecule has 10 nitrogen and oxygen atoms in total. The Balaban J connectivity index is 5.88. The van der Waals surface area contributed by atoms with Gasteiger partial charge in [-0.3, -0.25) is 0 Å². The molecule has 0 heterocycles. The molecule has 0 aromatic carbocycles. The molecule has 0 spiro atoms. The van der Waals surface area contributed by atoms with Crippen LogP contribution in [0.25, 0.3) is 0 Å².